The average molecular weight is 415 g/mol. The molecule has 7 rings (SSSR count). The molecule has 3 aromatic rings. The van der Waals surface area contributed by atoms with E-state index in [-0.39, 0.29) is 12.1 Å². The second-order valence-corrected chi connectivity index (χ2v) is 9.56. The van der Waals surface area contributed by atoms with E-state index in [4.69, 9.17) is 20.2 Å². The van der Waals surface area contributed by atoms with Gasteiger partial charge in [0.2, 0.25) is 0 Å². The van der Waals surface area contributed by atoms with Gasteiger partial charge in [-0.25, -0.2) is 4.98 Å². The van der Waals surface area contributed by atoms with E-state index >= 15 is 0 Å². The van der Waals surface area contributed by atoms with Gasteiger partial charge >= 0.3 is 0 Å². The summed E-state index contributed by atoms with van der Waals surface area (Å²) in [5.41, 5.74) is 10.9. The van der Waals surface area contributed by atoms with Crippen LogP contribution in [0.2, 0.25) is 0 Å². The molecule has 2 aliphatic carbocycles. The summed E-state index contributed by atoms with van der Waals surface area (Å²) in [4.78, 5) is 7.38. The zero-order valence-corrected chi connectivity index (χ0v) is 17.7. The number of aliphatic hydroxyl groups is 1. The molecule has 1 spiro atoms. The summed E-state index contributed by atoms with van der Waals surface area (Å²) in [7, 11) is 3.79. The fourth-order valence-corrected chi connectivity index (χ4v) is 7.04. The van der Waals surface area contributed by atoms with Crippen LogP contribution in [0.5, 0.6) is 11.5 Å². The third-order valence-electron chi connectivity index (χ3n) is 8.45. The lowest BCUT2D eigenvalue weighted by molar-refractivity contribution is -0.167. The number of piperidine rings is 1. The standard InChI is InChI=1S/C25H25N3O3/c1-28-10-9-24-19-13-7-8-17(30-2)22(19)31-23(24)21-15(12-25(24,29)18(28)11-13)20(26)14-5-3-4-6-16(14)27-21/h3-8,18,23,29H,9-12H2,1-2H3,(H2,26,27)/t18?,23?,24-,25?/m0/s1. The Morgan fingerprint density at radius 3 is 2.94 bits per heavy atom. The highest BCUT2D eigenvalue weighted by Crippen LogP contribution is 2.68. The second kappa shape index (κ2) is 5.50. The number of likely N-dealkylation sites (N-methyl/N-ethyl adjacent to an activating group) is 1. The molecule has 3 heterocycles. The van der Waals surface area contributed by atoms with Crippen molar-refractivity contribution in [2.75, 3.05) is 26.4 Å². The molecule has 0 radical (unpaired) electrons. The van der Waals surface area contributed by atoms with Crippen molar-refractivity contribution < 1.29 is 14.6 Å². The number of hydrogen-bond acceptors (Lipinski definition) is 6. The number of aromatic nitrogens is 1. The smallest absolute Gasteiger partial charge is 0.166 e. The quantitative estimate of drug-likeness (QED) is 0.636. The molecule has 1 fully saturated rings. The average Bonchev–Trinajstić information content (AvgIpc) is 3.13. The summed E-state index contributed by atoms with van der Waals surface area (Å²) in [6, 6.07) is 12.1. The van der Waals surface area contributed by atoms with Crippen molar-refractivity contribution in [2.24, 2.45) is 0 Å². The van der Waals surface area contributed by atoms with Gasteiger partial charge in [-0.2, -0.15) is 0 Å². The third kappa shape index (κ3) is 1.82. The molecule has 2 bridgehead atoms. The minimum absolute atomic E-state index is 0.00165. The van der Waals surface area contributed by atoms with Crippen molar-refractivity contribution in [3.63, 3.8) is 0 Å². The summed E-state index contributed by atoms with van der Waals surface area (Å²) in [6.45, 7) is 0.904. The van der Waals surface area contributed by atoms with Gasteiger partial charge in [-0.1, -0.05) is 24.3 Å². The van der Waals surface area contributed by atoms with Gasteiger partial charge in [-0.05, 0) is 44.1 Å². The Kier molecular flexibility index (Phi) is 3.16. The molecular weight excluding hydrogens is 390 g/mol. The largest absolute Gasteiger partial charge is 0.493 e. The highest BCUT2D eigenvalue weighted by molar-refractivity contribution is 5.92. The molecule has 6 nitrogen and oxygen atoms in total. The molecule has 2 aliphatic heterocycles. The van der Waals surface area contributed by atoms with Crippen LogP contribution in [0.25, 0.3) is 10.9 Å². The molecule has 0 saturated carbocycles. The number of nitrogens with two attached hydrogens (primary N) is 1. The maximum Gasteiger partial charge on any atom is 0.166 e. The second-order valence-electron chi connectivity index (χ2n) is 9.56. The Hall–Kier alpha value is -2.83. The van der Waals surface area contributed by atoms with Crippen LogP contribution in [0.15, 0.2) is 36.4 Å². The summed E-state index contributed by atoms with van der Waals surface area (Å²) >= 11 is 0. The van der Waals surface area contributed by atoms with Gasteiger partial charge in [0.25, 0.3) is 0 Å². The van der Waals surface area contributed by atoms with E-state index in [0.717, 1.165) is 58.6 Å². The number of para-hydroxylation sites is 1. The molecule has 0 amide bonds. The van der Waals surface area contributed by atoms with E-state index in [1.807, 2.05) is 30.3 Å². The molecule has 3 N–H and O–H groups in total. The van der Waals surface area contributed by atoms with Crippen molar-refractivity contribution in [1.82, 2.24) is 9.88 Å². The number of nitrogen functional groups attached to an aromatic ring is 1. The van der Waals surface area contributed by atoms with Crippen molar-refractivity contribution in [3.05, 3.63) is 58.8 Å². The van der Waals surface area contributed by atoms with Crippen molar-refractivity contribution in [1.29, 1.82) is 0 Å². The number of pyridine rings is 1. The number of rotatable bonds is 1. The van der Waals surface area contributed by atoms with Gasteiger partial charge in [0.15, 0.2) is 17.6 Å². The lowest BCUT2D eigenvalue weighted by Gasteiger charge is -2.62. The zero-order chi connectivity index (χ0) is 21.1. The third-order valence-corrected chi connectivity index (χ3v) is 8.45. The first kappa shape index (κ1) is 17.8. The molecule has 4 atom stereocenters. The van der Waals surface area contributed by atoms with Crippen LogP contribution in [-0.2, 0) is 18.3 Å². The first-order valence-electron chi connectivity index (χ1n) is 11.0. The number of likely N-dealkylation sites (tertiary alicyclic amines) is 1. The van der Waals surface area contributed by atoms with Crippen molar-refractivity contribution in [3.8, 4) is 11.5 Å². The SMILES string of the molecule is COc1ccc2c3c1OC1c4nc5ccccc5c(N)c4CC4(O)C(C2)N(C)CC[C@]314. The topological polar surface area (TPSA) is 80.8 Å². The minimum atomic E-state index is -0.986. The minimum Gasteiger partial charge on any atom is -0.493 e. The van der Waals surface area contributed by atoms with Crippen molar-refractivity contribution in [2.45, 2.75) is 42.4 Å². The molecule has 158 valence electrons. The summed E-state index contributed by atoms with van der Waals surface area (Å²) in [6.07, 6.45) is 1.70. The number of methoxy groups -OCH3 is 1. The first-order chi connectivity index (χ1) is 15.0. The van der Waals surface area contributed by atoms with Crippen LogP contribution >= 0.6 is 0 Å². The monoisotopic (exact) mass is 415 g/mol. The highest BCUT2D eigenvalue weighted by Gasteiger charge is 2.72. The van der Waals surface area contributed by atoms with Crippen LogP contribution in [0.1, 0.15) is 34.9 Å². The molecule has 1 aromatic heterocycles. The van der Waals surface area contributed by atoms with E-state index < -0.39 is 11.0 Å². The van der Waals surface area contributed by atoms with E-state index in [1.165, 1.54) is 5.56 Å². The van der Waals surface area contributed by atoms with Crippen LogP contribution < -0.4 is 15.2 Å². The lowest BCUT2D eigenvalue weighted by atomic mass is 9.49. The van der Waals surface area contributed by atoms with E-state index in [2.05, 4.69) is 18.0 Å². The van der Waals surface area contributed by atoms with Crippen LogP contribution in [-0.4, -0.2) is 47.3 Å². The fraction of sp³-hybridized carbons (Fsp3) is 0.400. The number of benzene rings is 2. The lowest BCUT2D eigenvalue weighted by Crippen LogP contribution is -2.74. The van der Waals surface area contributed by atoms with Crippen LogP contribution in [0.3, 0.4) is 0 Å². The Morgan fingerprint density at radius 2 is 2.10 bits per heavy atom. The van der Waals surface area contributed by atoms with E-state index in [9.17, 15) is 5.11 Å². The molecule has 31 heavy (non-hydrogen) atoms. The summed E-state index contributed by atoms with van der Waals surface area (Å²) < 4.78 is 12.4. The Labute approximate surface area is 180 Å². The predicted molar refractivity (Wildman–Crippen MR) is 118 cm³/mol. The Bertz CT molecular complexity index is 1290. The van der Waals surface area contributed by atoms with Crippen molar-refractivity contribution >= 4 is 16.6 Å². The van der Waals surface area contributed by atoms with Gasteiger partial charge in [0, 0.05) is 34.7 Å². The van der Waals surface area contributed by atoms with Gasteiger partial charge in [-0.3, -0.25) is 0 Å². The predicted octanol–water partition coefficient (Wildman–Crippen LogP) is 2.74. The molecular formula is C25H25N3O3. The van der Waals surface area contributed by atoms with E-state index in [0.29, 0.717) is 12.1 Å². The van der Waals surface area contributed by atoms with Gasteiger partial charge in [0.05, 0.1) is 29.3 Å². The van der Waals surface area contributed by atoms with Gasteiger partial charge < -0.3 is 25.2 Å². The first-order valence-corrected chi connectivity index (χ1v) is 11.0. The zero-order valence-electron chi connectivity index (χ0n) is 17.7. The number of anilines is 1. The molecule has 2 aromatic carbocycles. The van der Waals surface area contributed by atoms with Gasteiger partial charge in [-0.15, -0.1) is 0 Å². The summed E-state index contributed by atoms with van der Waals surface area (Å²) in [5, 5.41) is 13.5. The molecule has 3 unspecified atom stereocenters. The number of nitrogens with zero attached hydrogens (tertiary/aromatic N) is 2. The maximum atomic E-state index is 12.5. The maximum absolute atomic E-state index is 12.5. The Morgan fingerprint density at radius 1 is 1.26 bits per heavy atom. The van der Waals surface area contributed by atoms with Crippen LogP contribution in [0.4, 0.5) is 5.69 Å². The van der Waals surface area contributed by atoms with E-state index in [1.54, 1.807) is 7.11 Å². The molecule has 1 saturated heterocycles. The normalized spacial score (nSPS) is 32.4. The Balaban J connectivity index is 1.60. The number of hydrogen-bond donors (Lipinski definition) is 2. The molecule has 4 aliphatic rings. The highest BCUT2D eigenvalue weighted by atomic mass is 16.5. The number of ether oxygens (including phenoxy) is 2. The fourth-order valence-electron chi connectivity index (χ4n) is 7.04. The van der Waals surface area contributed by atoms with Crippen LogP contribution in [0, 0.1) is 0 Å². The summed E-state index contributed by atoms with van der Waals surface area (Å²) in [5.74, 6) is 1.49. The van der Waals surface area contributed by atoms with Gasteiger partial charge in [0.1, 0.15) is 0 Å². The number of fused-ring (bicyclic) bond motifs is 3. The molecule has 6 heteroatoms.